The van der Waals surface area contributed by atoms with E-state index < -0.39 is 5.60 Å². The molecule has 0 spiro atoms. The molecule has 0 radical (unpaired) electrons. The van der Waals surface area contributed by atoms with Crippen LogP contribution in [0.25, 0.3) is 0 Å². The Morgan fingerprint density at radius 1 is 1.56 bits per heavy atom. The normalized spacial score (nSPS) is 23.3. The molecule has 0 aromatic carbocycles. The Labute approximate surface area is 97.6 Å². The molecule has 1 saturated heterocycles. The topological polar surface area (TPSA) is 49.8 Å². The second-order valence-electron chi connectivity index (χ2n) is 5.63. The number of carbonyl (C=O) groups excluding carboxylic acids is 1. The molecule has 1 fully saturated rings. The summed E-state index contributed by atoms with van der Waals surface area (Å²) >= 11 is 0. The van der Waals surface area contributed by atoms with Crippen LogP contribution in [-0.2, 0) is 4.74 Å². The fourth-order valence-electron chi connectivity index (χ4n) is 1.89. The van der Waals surface area contributed by atoms with E-state index in [1.165, 1.54) is 0 Å². The van der Waals surface area contributed by atoms with Gasteiger partial charge in [0.25, 0.3) is 0 Å². The van der Waals surface area contributed by atoms with E-state index in [4.69, 9.17) is 9.84 Å². The number of hydrogen-bond donors (Lipinski definition) is 1. The van der Waals surface area contributed by atoms with Crippen molar-refractivity contribution >= 4 is 6.09 Å². The van der Waals surface area contributed by atoms with Crippen LogP contribution in [0.5, 0.6) is 0 Å². The molecule has 1 aliphatic rings. The molecule has 1 amide bonds. The van der Waals surface area contributed by atoms with Crippen molar-refractivity contribution in [1.29, 1.82) is 0 Å². The number of amides is 1. The third kappa shape index (κ3) is 3.67. The van der Waals surface area contributed by atoms with Gasteiger partial charge in [-0.15, -0.1) is 0 Å². The average Bonchev–Trinajstić information content (AvgIpc) is 2.62. The molecular weight excluding hydrogens is 206 g/mol. The standard InChI is InChI=1S/C12H23NO3/c1-9(8-14)10-5-6-13(7-10)11(15)16-12(2,3)4/h9-10,14H,5-8H2,1-4H3/t9-,10+/m0/s1. The van der Waals surface area contributed by atoms with Crippen LogP contribution in [0.15, 0.2) is 0 Å². The number of nitrogens with zero attached hydrogens (tertiary/aromatic N) is 1. The highest BCUT2D eigenvalue weighted by Gasteiger charge is 2.31. The average molecular weight is 229 g/mol. The Kier molecular flexibility index (Phi) is 4.19. The van der Waals surface area contributed by atoms with Gasteiger partial charge >= 0.3 is 6.09 Å². The molecule has 0 aliphatic carbocycles. The molecule has 2 atom stereocenters. The lowest BCUT2D eigenvalue weighted by Gasteiger charge is -2.25. The second-order valence-corrected chi connectivity index (χ2v) is 5.63. The van der Waals surface area contributed by atoms with Crippen molar-refractivity contribution in [1.82, 2.24) is 4.90 Å². The highest BCUT2D eigenvalue weighted by Crippen LogP contribution is 2.25. The molecule has 0 unspecified atom stereocenters. The minimum absolute atomic E-state index is 0.187. The van der Waals surface area contributed by atoms with E-state index in [1.807, 2.05) is 27.7 Å². The number of carbonyl (C=O) groups is 1. The number of ether oxygens (including phenoxy) is 1. The quantitative estimate of drug-likeness (QED) is 0.786. The fraction of sp³-hybridized carbons (Fsp3) is 0.917. The van der Waals surface area contributed by atoms with Gasteiger partial charge in [0.1, 0.15) is 5.60 Å². The summed E-state index contributed by atoms with van der Waals surface area (Å²) in [6.07, 6.45) is 0.723. The molecule has 0 aromatic rings. The first-order valence-corrected chi connectivity index (χ1v) is 5.92. The zero-order valence-corrected chi connectivity index (χ0v) is 10.7. The van der Waals surface area contributed by atoms with Crippen molar-refractivity contribution in [3.05, 3.63) is 0 Å². The van der Waals surface area contributed by atoms with Crippen LogP contribution in [0.4, 0.5) is 4.79 Å². The molecule has 4 heteroatoms. The summed E-state index contributed by atoms with van der Waals surface area (Å²) < 4.78 is 5.31. The molecule has 0 bridgehead atoms. The van der Waals surface area contributed by atoms with Crippen molar-refractivity contribution in [2.75, 3.05) is 19.7 Å². The van der Waals surface area contributed by atoms with Crippen LogP contribution >= 0.6 is 0 Å². The molecular formula is C12H23NO3. The van der Waals surface area contributed by atoms with Gasteiger partial charge in [0.15, 0.2) is 0 Å². The zero-order chi connectivity index (χ0) is 12.3. The maximum atomic E-state index is 11.8. The van der Waals surface area contributed by atoms with Gasteiger partial charge in [-0.3, -0.25) is 0 Å². The highest BCUT2D eigenvalue weighted by molar-refractivity contribution is 5.68. The molecule has 1 heterocycles. The first-order valence-electron chi connectivity index (χ1n) is 5.92. The lowest BCUT2D eigenvalue weighted by molar-refractivity contribution is 0.0280. The summed E-state index contributed by atoms with van der Waals surface area (Å²) in [6, 6.07) is 0. The summed E-state index contributed by atoms with van der Waals surface area (Å²) in [5.74, 6) is 0.657. The molecule has 94 valence electrons. The number of aliphatic hydroxyl groups is 1. The second kappa shape index (κ2) is 5.04. The van der Waals surface area contributed by atoms with E-state index in [-0.39, 0.29) is 18.6 Å². The van der Waals surface area contributed by atoms with E-state index >= 15 is 0 Å². The van der Waals surface area contributed by atoms with Crippen molar-refractivity contribution in [3.8, 4) is 0 Å². The third-order valence-corrected chi connectivity index (χ3v) is 2.97. The van der Waals surface area contributed by atoms with E-state index in [1.54, 1.807) is 4.90 Å². The van der Waals surface area contributed by atoms with Crippen LogP contribution in [0.1, 0.15) is 34.1 Å². The van der Waals surface area contributed by atoms with Gasteiger partial charge in [-0.1, -0.05) is 6.92 Å². The third-order valence-electron chi connectivity index (χ3n) is 2.97. The van der Waals surface area contributed by atoms with E-state index in [0.717, 1.165) is 13.0 Å². The minimum atomic E-state index is -0.433. The van der Waals surface area contributed by atoms with Gasteiger partial charge in [-0.25, -0.2) is 4.79 Å². The maximum Gasteiger partial charge on any atom is 0.410 e. The Morgan fingerprint density at radius 3 is 2.69 bits per heavy atom. The summed E-state index contributed by atoms with van der Waals surface area (Å²) in [7, 11) is 0. The van der Waals surface area contributed by atoms with Crippen molar-refractivity contribution in [2.24, 2.45) is 11.8 Å². The Bertz CT molecular complexity index is 247. The minimum Gasteiger partial charge on any atom is -0.444 e. The van der Waals surface area contributed by atoms with Gasteiger partial charge in [0.2, 0.25) is 0 Å². The number of rotatable bonds is 2. The lowest BCUT2D eigenvalue weighted by Crippen LogP contribution is -2.35. The largest absolute Gasteiger partial charge is 0.444 e. The van der Waals surface area contributed by atoms with Crippen LogP contribution in [-0.4, -0.2) is 41.4 Å². The molecule has 0 aromatic heterocycles. The predicted octanol–water partition coefficient (Wildman–Crippen LogP) is 1.87. The van der Waals surface area contributed by atoms with E-state index in [2.05, 4.69) is 0 Å². The van der Waals surface area contributed by atoms with Crippen molar-refractivity contribution < 1.29 is 14.6 Å². The SMILES string of the molecule is C[C@@H](CO)[C@@H]1CCN(C(=O)OC(C)(C)C)C1. The number of likely N-dealkylation sites (tertiary alicyclic amines) is 1. The molecule has 4 nitrogen and oxygen atoms in total. The van der Waals surface area contributed by atoms with Gasteiger partial charge in [0, 0.05) is 19.7 Å². The summed E-state index contributed by atoms with van der Waals surface area (Å²) in [4.78, 5) is 13.5. The van der Waals surface area contributed by atoms with Gasteiger partial charge in [0.05, 0.1) is 0 Å². The number of aliphatic hydroxyl groups excluding tert-OH is 1. The van der Waals surface area contributed by atoms with Crippen LogP contribution in [0.3, 0.4) is 0 Å². The molecule has 0 saturated carbocycles. The summed E-state index contributed by atoms with van der Waals surface area (Å²) in [6.45, 7) is 9.26. The van der Waals surface area contributed by atoms with Crippen LogP contribution in [0.2, 0.25) is 0 Å². The van der Waals surface area contributed by atoms with Crippen molar-refractivity contribution in [2.45, 2.75) is 39.7 Å². The Balaban J connectivity index is 2.44. The lowest BCUT2D eigenvalue weighted by atomic mass is 9.94. The first-order chi connectivity index (χ1) is 7.33. The maximum absolute atomic E-state index is 11.8. The number of hydrogen-bond acceptors (Lipinski definition) is 3. The molecule has 1 aliphatic heterocycles. The Morgan fingerprint density at radius 2 is 2.19 bits per heavy atom. The van der Waals surface area contributed by atoms with Gasteiger partial charge in [-0.05, 0) is 39.0 Å². The summed E-state index contributed by atoms with van der Waals surface area (Å²) in [5, 5.41) is 9.07. The molecule has 1 rings (SSSR count). The van der Waals surface area contributed by atoms with E-state index in [9.17, 15) is 4.79 Å². The van der Waals surface area contributed by atoms with Crippen molar-refractivity contribution in [3.63, 3.8) is 0 Å². The monoisotopic (exact) mass is 229 g/mol. The van der Waals surface area contributed by atoms with Crippen LogP contribution in [0, 0.1) is 11.8 Å². The Hall–Kier alpha value is -0.770. The predicted molar refractivity (Wildman–Crippen MR) is 62.2 cm³/mol. The smallest absolute Gasteiger partial charge is 0.410 e. The summed E-state index contributed by atoms with van der Waals surface area (Å²) in [5.41, 5.74) is -0.433. The van der Waals surface area contributed by atoms with Gasteiger partial charge < -0.3 is 14.7 Å². The molecule has 1 N–H and O–H groups in total. The fourth-order valence-corrected chi connectivity index (χ4v) is 1.89. The first kappa shape index (κ1) is 13.3. The van der Waals surface area contributed by atoms with Gasteiger partial charge in [-0.2, -0.15) is 0 Å². The van der Waals surface area contributed by atoms with Crippen LogP contribution < -0.4 is 0 Å². The zero-order valence-electron chi connectivity index (χ0n) is 10.7. The molecule has 16 heavy (non-hydrogen) atoms. The van der Waals surface area contributed by atoms with E-state index in [0.29, 0.717) is 12.5 Å². The highest BCUT2D eigenvalue weighted by atomic mass is 16.6.